The summed E-state index contributed by atoms with van der Waals surface area (Å²) in [5.41, 5.74) is 0. The van der Waals surface area contributed by atoms with Crippen LogP contribution in [0.1, 0.15) is 239 Å². The van der Waals surface area contributed by atoms with Gasteiger partial charge in [-0.2, -0.15) is 0 Å². The van der Waals surface area contributed by atoms with Crippen LogP contribution in [0.2, 0.25) is 0 Å². The lowest BCUT2D eigenvalue weighted by atomic mass is 10.0. The molecule has 0 bridgehead atoms. The molecule has 0 heterocycles. The Morgan fingerprint density at radius 2 is 0.836 bits per heavy atom. The van der Waals surface area contributed by atoms with Crippen molar-refractivity contribution in [2.24, 2.45) is 0 Å². The summed E-state index contributed by atoms with van der Waals surface area (Å²) >= 11 is 0. The molecule has 0 saturated carbocycles. The second-order valence-corrected chi connectivity index (χ2v) is 17.3. The Labute approximate surface area is 377 Å². The van der Waals surface area contributed by atoms with Crippen molar-refractivity contribution >= 4 is 11.9 Å². The zero-order chi connectivity index (χ0) is 44.5. The fourth-order valence-corrected chi connectivity index (χ4v) is 7.43. The first-order valence-corrected chi connectivity index (χ1v) is 25.7. The van der Waals surface area contributed by atoms with Gasteiger partial charge in [-0.1, -0.05) is 222 Å². The standard InChI is InChI=1S/C55H97NO5/c1-4-7-10-13-16-19-22-24-25-26-27-28-30-33-36-39-42-45-48-55(60)61-51(46-43-40-37-34-32-29-23-20-17-14-11-8-5-2)49-54(59)56-52(50-57)53(58)47-44-41-38-35-31-21-18-15-12-9-6-3/h16-17,19-20,22-29,51-53,57-58H,4-15,18,21,30-50H2,1-3H3,(H,56,59)/b19-16+,20-17+,24-22+,26-25+,28-27+,29-23+. The summed E-state index contributed by atoms with van der Waals surface area (Å²) in [5, 5.41) is 23.7. The average Bonchev–Trinajstić information content (AvgIpc) is 3.25. The van der Waals surface area contributed by atoms with E-state index in [-0.39, 0.29) is 24.9 Å². The van der Waals surface area contributed by atoms with E-state index in [0.29, 0.717) is 19.3 Å². The van der Waals surface area contributed by atoms with Crippen molar-refractivity contribution in [1.29, 1.82) is 0 Å². The smallest absolute Gasteiger partial charge is 0.306 e. The predicted octanol–water partition coefficient (Wildman–Crippen LogP) is 15.4. The number of esters is 1. The summed E-state index contributed by atoms with van der Waals surface area (Å²) < 4.78 is 5.91. The molecule has 0 radical (unpaired) electrons. The van der Waals surface area contributed by atoms with Crippen molar-refractivity contribution in [1.82, 2.24) is 5.32 Å². The normalized spacial score (nSPS) is 13.9. The largest absolute Gasteiger partial charge is 0.462 e. The lowest BCUT2D eigenvalue weighted by molar-refractivity contribution is -0.151. The number of rotatable bonds is 45. The third-order valence-corrected chi connectivity index (χ3v) is 11.4. The van der Waals surface area contributed by atoms with E-state index in [0.717, 1.165) is 103 Å². The summed E-state index contributed by atoms with van der Waals surface area (Å²) in [6.45, 7) is 6.39. The number of hydrogen-bond acceptors (Lipinski definition) is 5. The fraction of sp³-hybridized carbons (Fsp3) is 0.745. The predicted molar refractivity (Wildman–Crippen MR) is 264 cm³/mol. The number of carbonyl (C=O) groups is 2. The fourth-order valence-electron chi connectivity index (χ4n) is 7.43. The van der Waals surface area contributed by atoms with Crippen molar-refractivity contribution in [2.75, 3.05) is 6.61 Å². The molecular weight excluding hydrogens is 755 g/mol. The summed E-state index contributed by atoms with van der Waals surface area (Å²) in [6.07, 6.45) is 60.9. The number of aliphatic hydroxyl groups excluding tert-OH is 2. The number of allylic oxidation sites excluding steroid dienone is 12. The minimum atomic E-state index is -0.799. The first kappa shape index (κ1) is 58.3. The van der Waals surface area contributed by atoms with Gasteiger partial charge < -0.3 is 20.3 Å². The molecule has 0 aliphatic rings. The second kappa shape index (κ2) is 48.3. The van der Waals surface area contributed by atoms with Gasteiger partial charge in [-0.15, -0.1) is 0 Å². The van der Waals surface area contributed by atoms with Crippen LogP contribution in [-0.2, 0) is 14.3 Å². The molecular formula is C55H97NO5. The molecule has 0 aromatic carbocycles. The molecule has 6 nitrogen and oxygen atoms in total. The topological polar surface area (TPSA) is 95.9 Å². The third kappa shape index (κ3) is 43.7. The van der Waals surface area contributed by atoms with Gasteiger partial charge in [0.25, 0.3) is 0 Å². The first-order chi connectivity index (χ1) is 30.0. The molecule has 352 valence electrons. The highest BCUT2D eigenvalue weighted by Crippen LogP contribution is 2.17. The zero-order valence-electron chi connectivity index (χ0n) is 40.0. The molecule has 6 heteroatoms. The number of amides is 1. The number of ether oxygens (including phenoxy) is 1. The second-order valence-electron chi connectivity index (χ2n) is 17.3. The van der Waals surface area contributed by atoms with Gasteiger partial charge in [0.05, 0.1) is 25.2 Å². The van der Waals surface area contributed by atoms with Crippen LogP contribution < -0.4 is 5.32 Å². The number of carbonyl (C=O) groups excluding carboxylic acids is 2. The van der Waals surface area contributed by atoms with Crippen LogP contribution in [0, 0.1) is 0 Å². The molecule has 0 aromatic heterocycles. The molecule has 0 rings (SSSR count). The van der Waals surface area contributed by atoms with Crippen LogP contribution in [-0.4, -0.2) is 46.9 Å². The number of unbranched alkanes of at least 4 members (excludes halogenated alkanes) is 25. The number of aliphatic hydroxyl groups is 2. The van der Waals surface area contributed by atoms with Gasteiger partial charge in [0, 0.05) is 6.42 Å². The molecule has 3 unspecified atom stereocenters. The monoisotopic (exact) mass is 852 g/mol. The minimum Gasteiger partial charge on any atom is -0.462 e. The maximum absolute atomic E-state index is 13.2. The molecule has 61 heavy (non-hydrogen) atoms. The lowest BCUT2D eigenvalue weighted by Gasteiger charge is -2.24. The maximum Gasteiger partial charge on any atom is 0.306 e. The molecule has 0 spiro atoms. The van der Waals surface area contributed by atoms with Crippen LogP contribution >= 0.6 is 0 Å². The van der Waals surface area contributed by atoms with E-state index >= 15 is 0 Å². The molecule has 3 atom stereocenters. The van der Waals surface area contributed by atoms with E-state index in [2.05, 4.69) is 99.0 Å². The van der Waals surface area contributed by atoms with E-state index in [1.807, 2.05) is 0 Å². The van der Waals surface area contributed by atoms with Gasteiger partial charge in [-0.05, 0) is 77.0 Å². The Morgan fingerprint density at radius 3 is 1.31 bits per heavy atom. The quantitative estimate of drug-likeness (QED) is 0.0322. The van der Waals surface area contributed by atoms with E-state index in [1.165, 1.54) is 89.9 Å². The molecule has 0 aliphatic heterocycles. The summed E-state index contributed by atoms with van der Waals surface area (Å²) in [5.74, 6) is -0.522. The zero-order valence-corrected chi connectivity index (χ0v) is 40.0. The van der Waals surface area contributed by atoms with Gasteiger partial charge in [-0.3, -0.25) is 9.59 Å². The Bertz CT molecular complexity index is 1140. The molecule has 0 aromatic rings. The summed E-state index contributed by atoms with van der Waals surface area (Å²) in [7, 11) is 0. The van der Waals surface area contributed by atoms with Crippen LogP contribution in [0.25, 0.3) is 0 Å². The Kier molecular flexibility index (Phi) is 46.2. The van der Waals surface area contributed by atoms with Gasteiger partial charge >= 0.3 is 5.97 Å². The van der Waals surface area contributed by atoms with E-state index < -0.39 is 18.2 Å². The van der Waals surface area contributed by atoms with Crippen LogP contribution in [0.5, 0.6) is 0 Å². The molecule has 0 saturated heterocycles. The highest BCUT2D eigenvalue weighted by molar-refractivity contribution is 5.77. The molecule has 0 aliphatic carbocycles. The lowest BCUT2D eigenvalue weighted by Crippen LogP contribution is -2.46. The van der Waals surface area contributed by atoms with Crippen molar-refractivity contribution in [2.45, 2.75) is 257 Å². The highest BCUT2D eigenvalue weighted by Gasteiger charge is 2.24. The average molecular weight is 852 g/mol. The van der Waals surface area contributed by atoms with E-state index in [4.69, 9.17) is 4.74 Å². The summed E-state index contributed by atoms with van der Waals surface area (Å²) in [6, 6.07) is -0.715. The van der Waals surface area contributed by atoms with Crippen LogP contribution in [0.15, 0.2) is 72.9 Å². The first-order valence-electron chi connectivity index (χ1n) is 25.7. The maximum atomic E-state index is 13.2. The van der Waals surface area contributed by atoms with Crippen molar-refractivity contribution < 1.29 is 24.5 Å². The minimum absolute atomic E-state index is 0.0515. The Hall–Kier alpha value is -2.70. The third-order valence-electron chi connectivity index (χ3n) is 11.4. The van der Waals surface area contributed by atoms with Crippen LogP contribution in [0.4, 0.5) is 0 Å². The van der Waals surface area contributed by atoms with Gasteiger partial charge in [0.1, 0.15) is 6.10 Å². The van der Waals surface area contributed by atoms with E-state index in [9.17, 15) is 19.8 Å². The molecule has 3 N–H and O–H groups in total. The van der Waals surface area contributed by atoms with Crippen molar-refractivity contribution in [3.63, 3.8) is 0 Å². The van der Waals surface area contributed by atoms with Gasteiger partial charge in [-0.25, -0.2) is 0 Å². The molecule has 0 fully saturated rings. The summed E-state index contributed by atoms with van der Waals surface area (Å²) in [4.78, 5) is 26.1. The Balaban J connectivity index is 4.66. The Morgan fingerprint density at radius 1 is 0.475 bits per heavy atom. The van der Waals surface area contributed by atoms with Crippen LogP contribution in [0.3, 0.4) is 0 Å². The van der Waals surface area contributed by atoms with Crippen molar-refractivity contribution in [3.05, 3.63) is 72.9 Å². The molecule has 1 amide bonds. The van der Waals surface area contributed by atoms with Gasteiger partial charge in [0.2, 0.25) is 5.91 Å². The SMILES string of the molecule is CCCCC/C=C/C=C/C=C/C=C/CCCCCCCC(=O)OC(CCCCCC/C=C/C=C/CCCCC)CC(=O)NC(CO)C(O)CCCCCCCCCCCCC. The number of nitrogens with one attached hydrogen (secondary N) is 1. The highest BCUT2D eigenvalue weighted by atomic mass is 16.5. The van der Waals surface area contributed by atoms with E-state index in [1.54, 1.807) is 0 Å². The number of hydrogen-bond donors (Lipinski definition) is 3. The van der Waals surface area contributed by atoms with Gasteiger partial charge in [0.15, 0.2) is 0 Å². The van der Waals surface area contributed by atoms with Crippen molar-refractivity contribution in [3.8, 4) is 0 Å².